The van der Waals surface area contributed by atoms with Crippen molar-refractivity contribution in [3.63, 3.8) is 0 Å². The zero-order chi connectivity index (χ0) is 18.7. The highest BCUT2D eigenvalue weighted by molar-refractivity contribution is 8.01. The van der Waals surface area contributed by atoms with Gasteiger partial charge in [-0.05, 0) is 24.6 Å². The minimum atomic E-state index is -4.38. The second-order valence-electron chi connectivity index (χ2n) is 5.13. The van der Waals surface area contributed by atoms with Crippen LogP contribution in [0.1, 0.15) is 19.2 Å². The lowest BCUT2D eigenvalue weighted by Gasteiger charge is -2.09. The van der Waals surface area contributed by atoms with Gasteiger partial charge in [0.1, 0.15) is 0 Å². The van der Waals surface area contributed by atoms with Crippen LogP contribution in [0, 0.1) is 0 Å². The lowest BCUT2D eigenvalue weighted by Crippen LogP contribution is -2.04. The van der Waals surface area contributed by atoms with E-state index in [4.69, 9.17) is 16.0 Å². The van der Waals surface area contributed by atoms with Crippen molar-refractivity contribution in [3.8, 4) is 22.2 Å². The molecule has 0 unspecified atom stereocenters. The van der Waals surface area contributed by atoms with E-state index in [1.165, 1.54) is 23.5 Å². The highest BCUT2D eigenvalue weighted by Gasteiger charge is 2.29. The third-order valence-corrected chi connectivity index (χ3v) is 4.86. The topological polar surface area (TPSA) is 63.8 Å². The molecule has 0 fully saturated rings. The molecule has 138 valence electrons. The average molecular weight is 421 g/mol. The molecule has 0 radical (unpaired) electrons. The first-order valence-corrected chi connectivity index (χ1v) is 9.52. The molecule has 3 rings (SSSR count). The quantitative estimate of drug-likeness (QED) is 0.490. The predicted octanol–water partition coefficient (Wildman–Crippen LogP) is 6.05. The van der Waals surface area contributed by atoms with Crippen LogP contribution in [0.4, 0.5) is 18.9 Å². The average Bonchev–Trinajstić information content (AvgIpc) is 3.22. The number of hydrogen-bond acceptors (Lipinski definition) is 7. The van der Waals surface area contributed by atoms with Crippen LogP contribution in [-0.2, 0) is 6.42 Å². The number of aromatic nitrogens is 3. The molecule has 0 aliphatic carbocycles. The number of hydrogen-bond donors (Lipinski definition) is 1. The van der Waals surface area contributed by atoms with E-state index in [9.17, 15) is 13.2 Å². The zero-order valence-electron chi connectivity index (χ0n) is 13.3. The van der Waals surface area contributed by atoms with Crippen LogP contribution in [0.3, 0.4) is 0 Å². The maximum atomic E-state index is 12.2. The van der Waals surface area contributed by atoms with Gasteiger partial charge in [0.05, 0.1) is 22.7 Å². The molecule has 1 N–H and O–H groups in total. The zero-order valence-corrected chi connectivity index (χ0v) is 15.7. The molecule has 0 atom stereocenters. The molecule has 0 bridgehead atoms. The molecule has 5 nitrogen and oxygen atoms in total. The number of nitrogens with zero attached hydrogens (tertiary/aromatic N) is 3. The molecule has 0 amide bonds. The Morgan fingerprint density at radius 3 is 2.81 bits per heavy atom. The second-order valence-corrected chi connectivity index (χ2v) is 7.27. The van der Waals surface area contributed by atoms with Crippen molar-refractivity contribution >= 4 is 40.6 Å². The van der Waals surface area contributed by atoms with E-state index in [0.29, 0.717) is 34.5 Å². The SMILES string of the molecule is CCCc1nnc(-c2nc(-c3ccc(NSC(F)(F)F)cc3Cl)cs2)o1. The number of aryl methyl sites for hydroxylation is 1. The van der Waals surface area contributed by atoms with E-state index in [1.807, 2.05) is 6.92 Å². The molecule has 3 aromatic rings. The number of rotatable bonds is 6. The van der Waals surface area contributed by atoms with Crippen LogP contribution in [0.2, 0.25) is 5.02 Å². The standard InChI is InChI=1S/C15H12ClF3N4OS2/c1-2-3-12-21-22-13(24-12)14-20-11(7-25-14)9-5-4-8(6-10(9)16)23-26-15(17,18)19/h4-7,23H,2-3H2,1H3. The number of thiazole rings is 1. The van der Waals surface area contributed by atoms with Crippen LogP contribution >= 0.6 is 34.9 Å². The summed E-state index contributed by atoms with van der Waals surface area (Å²) in [6, 6.07) is 4.53. The molecular formula is C15H12ClF3N4OS2. The van der Waals surface area contributed by atoms with Gasteiger partial charge >= 0.3 is 5.51 Å². The Labute approximate surface area is 160 Å². The summed E-state index contributed by atoms with van der Waals surface area (Å²) in [5.74, 6) is 0.885. The van der Waals surface area contributed by atoms with E-state index >= 15 is 0 Å². The Morgan fingerprint density at radius 2 is 2.12 bits per heavy atom. The summed E-state index contributed by atoms with van der Waals surface area (Å²) in [7, 11) is 0. The van der Waals surface area contributed by atoms with Gasteiger partial charge in [-0.1, -0.05) is 18.5 Å². The van der Waals surface area contributed by atoms with Crippen LogP contribution in [0.25, 0.3) is 22.2 Å². The van der Waals surface area contributed by atoms with Crippen molar-refractivity contribution in [1.29, 1.82) is 0 Å². The molecule has 2 aromatic heterocycles. The normalized spacial score (nSPS) is 11.7. The molecule has 2 heterocycles. The van der Waals surface area contributed by atoms with Gasteiger partial charge in [-0.25, -0.2) is 4.98 Å². The van der Waals surface area contributed by atoms with Crippen molar-refractivity contribution in [1.82, 2.24) is 15.2 Å². The van der Waals surface area contributed by atoms with Crippen molar-refractivity contribution in [2.24, 2.45) is 0 Å². The van der Waals surface area contributed by atoms with Gasteiger partial charge < -0.3 is 9.14 Å². The van der Waals surface area contributed by atoms with Gasteiger partial charge in [-0.15, -0.1) is 21.5 Å². The monoisotopic (exact) mass is 420 g/mol. The van der Waals surface area contributed by atoms with Crippen molar-refractivity contribution < 1.29 is 17.6 Å². The minimum absolute atomic E-state index is 0.248. The van der Waals surface area contributed by atoms with E-state index in [0.717, 1.165) is 6.42 Å². The first-order valence-electron chi connectivity index (χ1n) is 7.44. The molecule has 0 saturated heterocycles. The van der Waals surface area contributed by atoms with Crippen molar-refractivity contribution in [3.05, 3.63) is 34.5 Å². The Morgan fingerprint density at radius 1 is 1.31 bits per heavy atom. The van der Waals surface area contributed by atoms with Gasteiger partial charge in [0.25, 0.3) is 5.89 Å². The summed E-state index contributed by atoms with van der Waals surface area (Å²) in [4.78, 5) is 4.43. The Hall–Kier alpha value is -1.78. The summed E-state index contributed by atoms with van der Waals surface area (Å²) in [5.41, 5.74) is -2.95. The van der Waals surface area contributed by atoms with Gasteiger partial charge in [-0.3, -0.25) is 0 Å². The molecule has 0 spiro atoms. The smallest absolute Gasteiger partial charge is 0.419 e. The van der Waals surface area contributed by atoms with E-state index in [-0.39, 0.29) is 22.7 Å². The largest absolute Gasteiger partial charge is 0.461 e. The summed E-state index contributed by atoms with van der Waals surface area (Å²) >= 11 is 7.17. The summed E-state index contributed by atoms with van der Waals surface area (Å²) in [6.45, 7) is 2.01. The molecule has 11 heteroatoms. The fourth-order valence-electron chi connectivity index (χ4n) is 2.05. The van der Waals surface area contributed by atoms with Crippen molar-refractivity contribution in [2.75, 3.05) is 4.72 Å². The van der Waals surface area contributed by atoms with Crippen LogP contribution < -0.4 is 4.72 Å². The molecule has 0 saturated carbocycles. The fourth-order valence-corrected chi connectivity index (χ4v) is 3.43. The van der Waals surface area contributed by atoms with Gasteiger partial charge in [-0.2, -0.15) is 13.2 Å². The minimum Gasteiger partial charge on any atom is -0.419 e. The number of alkyl halides is 3. The maximum absolute atomic E-state index is 12.2. The predicted molar refractivity (Wildman–Crippen MR) is 97.1 cm³/mol. The Bertz CT molecular complexity index is 897. The third kappa shape index (κ3) is 4.68. The fraction of sp³-hybridized carbons (Fsp3) is 0.267. The summed E-state index contributed by atoms with van der Waals surface area (Å²) in [5, 5.41) is 10.5. The molecular weight excluding hydrogens is 409 g/mol. The molecule has 0 aliphatic heterocycles. The number of halogens is 4. The number of nitrogens with one attached hydrogen (secondary N) is 1. The highest BCUT2D eigenvalue weighted by atomic mass is 35.5. The maximum Gasteiger partial charge on any atom is 0.461 e. The van der Waals surface area contributed by atoms with Crippen LogP contribution in [0.5, 0.6) is 0 Å². The summed E-state index contributed by atoms with van der Waals surface area (Å²) < 4.78 is 44.5. The first kappa shape index (κ1) is 19.0. The molecule has 1 aromatic carbocycles. The van der Waals surface area contributed by atoms with Gasteiger partial charge in [0.2, 0.25) is 5.89 Å². The second kappa shape index (κ2) is 7.85. The van der Waals surface area contributed by atoms with E-state index < -0.39 is 5.51 Å². The Kier molecular flexibility index (Phi) is 5.73. The van der Waals surface area contributed by atoms with Gasteiger partial charge in [0, 0.05) is 23.1 Å². The first-order chi connectivity index (χ1) is 12.4. The van der Waals surface area contributed by atoms with E-state index in [2.05, 4.69) is 19.9 Å². The van der Waals surface area contributed by atoms with Crippen LogP contribution in [0.15, 0.2) is 28.0 Å². The van der Waals surface area contributed by atoms with Gasteiger partial charge in [0.15, 0.2) is 5.01 Å². The van der Waals surface area contributed by atoms with E-state index in [1.54, 1.807) is 11.4 Å². The number of anilines is 1. The lowest BCUT2D eigenvalue weighted by atomic mass is 10.1. The number of benzene rings is 1. The molecule has 0 aliphatic rings. The Balaban J connectivity index is 1.78. The molecule has 26 heavy (non-hydrogen) atoms. The third-order valence-electron chi connectivity index (χ3n) is 3.15. The van der Waals surface area contributed by atoms with Crippen LogP contribution in [-0.4, -0.2) is 20.7 Å². The van der Waals surface area contributed by atoms with Crippen molar-refractivity contribution in [2.45, 2.75) is 25.3 Å². The highest BCUT2D eigenvalue weighted by Crippen LogP contribution is 2.36. The summed E-state index contributed by atoms with van der Waals surface area (Å²) in [6.07, 6.45) is 1.59. The lowest BCUT2D eigenvalue weighted by molar-refractivity contribution is -0.0323.